The first-order chi connectivity index (χ1) is 13.1. The van der Waals surface area contributed by atoms with E-state index >= 15 is 0 Å². The quantitative estimate of drug-likeness (QED) is 0.716. The molecule has 28 heavy (non-hydrogen) atoms. The minimum Gasteiger partial charge on any atom is -0.432 e. The number of fused-ring (bicyclic) bond motifs is 1. The molecule has 0 radical (unpaired) electrons. The van der Waals surface area contributed by atoms with Gasteiger partial charge in [-0.2, -0.15) is 22.0 Å². The van der Waals surface area contributed by atoms with Gasteiger partial charge in [-0.15, -0.1) is 0 Å². The Morgan fingerprint density at radius 1 is 1.18 bits per heavy atom. The van der Waals surface area contributed by atoms with Crippen LogP contribution in [0.1, 0.15) is 31.2 Å². The minimum atomic E-state index is -4.21. The molecule has 2 aliphatic carbocycles. The third-order valence-corrected chi connectivity index (χ3v) is 5.93. The Labute approximate surface area is 158 Å². The van der Waals surface area contributed by atoms with Gasteiger partial charge in [-0.3, -0.25) is 0 Å². The predicted octanol–water partition coefficient (Wildman–Crippen LogP) is 4.72. The van der Waals surface area contributed by atoms with Crippen molar-refractivity contribution in [1.29, 1.82) is 0 Å². The molecule has 1 N–H and O–H groups in total. The van der Waals surface area contributed by atoms with Gasteiger partial charge < -0.3 is 15.0 Å². The van der Waals surface area contributed by atoms with Gasteiger partial charge in [0, 0.05) is 35.9 Å². The highest BCUT2D eigenvalue weighted by Crippen LogP contribution is 2.58. The number of nitrogens with zero attached hydrogens (tertiary/aromatic N) is 1. The first kappa shape index (κ1) is 19.4. The molecule has 1 spiro atoms. The van der Waals surface area contributed by atoms with E-state index in [0.717, 1.165) is 12.8 Å². The second kappa shape index (κ2) is 6.86. The summed E-state index contributed by atoms with van der Waals surface area (Å²) in [5.74, 6) is -1.32. The Balaban J connectivity index is 1.38. The summed E-state index contributed by atoms with van der Waals surface area (Å²) in [7, 11) is 0. The van der Waals surface area contributed by atoms with Crippen LogP contribution in [0.5, 0.6) is 5.75 Å². The number of rotatable bonds is 5. The summed E-state index contributed by atoms with van der Waals surface area (Å²) in [6, 6.07) is 2.53. The molecule has 0 unspecified atom stereocenters. The summed E-state index contributed by atoms with van der Waals surface area (Å²) < 4.78 is 80.1. The van der Waals surface area contributed by atoms with E-state index in [1.807, 2.05) is 11.0 Å². The van der Waals surface area contributed by atoms with Crippen LogP contribution in [0.4, 0.5) is 32.0 Å². The second-order valence-corrected chi connectivity index (χ2v) is 7.94. The monoisotopic (exact) mass is 406 g/mol. The van der Waals surface area contributed by atoms with Crippen LogP contribution in [0.15, 0.2) is 18.2 Å². The van der Waals surface area contributed by atoms with Gasteiger partial charge in [-0.05, 0) is 37.2 Å². The summed E-state index contributed by atoms with van der Waals surface area (Å²) in [5.41, 5.74) is 1.30. The van der Waals surface area contributed by atoms with Crippen molar-refractivity contribution in [2.24, 2.45) is 5.41 Å². The van der Waals surface area contributed by atoms with Crippen molar-refractivity contribution in [1.82, 2.24) is 5.32 Å². The molecule has 4 rings (SSSR count). The molecule has 0 saturated heterocycles. The van der Waals surface area contributed by atoms with Crippen LogP contribution >= 0.6 is 0 Å². The molecule has 1 heterocycles. The highest BCUT2D eigenvalue weighted by atomic mass is 19.4. The molecule has 154 valence electrons. The molecule has 0 atom stereocenters. The second-order valence-electron chi connectivity index (χ2n) is 7.94. The average molecular weight is 406 g/mol. The van der Waals surface area contributed by atoms with Crippen LogP contribution in [-0.2, 0) is 0 Å². The molecule has 2 fully saturated rings. The highest BCUT2D eigenvalue weighted by Gasteiger charge is 2.54. The van der Waals surface area contributed by atoms with E-state index in [9.17, 15) is 26.3 Å². The lowest BCUT2D eigenvalue weighted by atomic mass is 9.51. The van der Waals surface area contributed by atoms with E-state index in [1.54, 1.807) is 6.08 Å². The van der Waals surface area contributed by atoms with Gasteiger partial charge >= 0.3 is 12.8 Å². The number of anilines is 1. The zero-order chi connectivity index (χ0) is 20.1. The van der Waals surface area contributed by atoms with E-state index in [2.05, 4.69) is 10.1 Å². The number of halogens is 6. The van der Waals surface area contributed by atoms with E-state index in [-0.39, 0.29) is 17.5 Å². The van der Waals surface area contributed by atoms with Gasteiger partial charge in [0.15, 0.2) is 11.6 Å². The summed E-state index contributed by atoms with van der Waals surface area (Å²) >= 11 is 0. The molecule has 0 aromatic heterocycles. The fraction of sp³-hybridized carbons (Fsp3) is 0.579. The lowest BCUT2D eigenvalue weighted by Gasteiger charge is -2.60. The van der Waals surface area contributed by atoms with Gasteiger partial charge in [0.1, 0.15) is 0 Å². The third kappa shape index (κ3) is 3.81. The van der Waals surface area contributed by atoms with E-state index < -0.39 is 30.9 Å². The summed E-state index contributed by atoms with van der Waals surface area (Å²) in [6.45, 7) is -3.51. The number of hydrogen-bond donors (Lipinski definition) is 1. The molecule has 3 aliphatic rings. The molecule has 0 amide bonds. The predicted molar refractivity (Wildman–Crippen MR) is 91.9 cm³/mol. The summed E-state index contributed by atoms with van der Waals surface area (Å²) in [6.07, 6.45) is 2.49. The lowest BCUT2D eigenvalue weighted by Crippen LogP contribution is -2.61. The molecular weight excluding hydrogens is 386 g/mol. The molecule has 9 heteroatoms. The molecule has 3 nitrogen and oxygen atoms in total. The summed E-state index contributed by atoms with van der Waals surface area (Å²) in [5, 5.41) is 2.55. The fourth-order valence-corrected chi connectivity index (χ4v) is 4.75. The maximum absolute atomic E-state index is 14.0. The number of ether oxygens (including phenoxy) is 1. The van der Waals surface area contributed by atoms with Gasteiger partial charge in [0.05, 0.1) is 6.54 Å². The van der Waals surface area contributed by atoms with Crippen LogP contribution in [0.3, 0.4) is 0 Å². The molecule has 1 aromatic carbocycles. The van der Waals surface area contributed by atoms with Crippen molar-refractivity contribution in [2.45, 2.75) is 50.6 Å². The van der Waals surface area contributed by atoms with Crippen molar-refractivity contribution < 1.29 is 31.1 Å². The first-order valence-corrected chi connectivity index (χ1v) is 9.16. The Hall–Kier alpha value is -1.90. The van der Waals surface area contributed by atoms with Crippen LogP contribution in [0.2, 0.25) is 0 Å². The fourth-order valence-electron chi connectivity index (χ4n) is 4.75. The van der Waals surface area contributed by atoms with Crippen molar-refractivity contribution in [3.05, 3.63) is 29.6 Å². The molecular formula is C19H20F6N2O. The Morgan fingerprint density at radius 3 is 2.54 bits per heavy atom. The SMILES string of the molecule is Fc1cc2c(cc1OC(F)F)N(C1CC3(CC(NCC(F)(F)F)C3)C1)CC=C2. The highest BCUT2D eigenvalue weighted by molar-refractivity contribution is 5.73. The smallest absolute Gasteiger partial charge is 0.401 e. The number of alkyl halides is 5. The Morgan fingerprint density at radius 2 is 1.89 bits per heavy atom. The van der Waals surface area contributed by atoms with Gasteiger partial charge in [0.2, 0.25) is 0 Å². The van der Waals surface area contributed by atoms with Crippen LogP contribution in [0, 0.1) is 11.2 Å². The van der Waals surface area contributed by atoms with Crippen LogP contribution < -0.4 is 15.0 Å². The first-order valence-electron chi connectivity index (χ1n) is 9.16. The Bertz CT molecular complexity index is 764. The topological polar surface area (TPSA) is 24.5 Å². The zero-order valence-corrected chi connectivity index (χ0v) is 14.9. The normalized spacial score (nSPS) is 28.9. The summed E-state index contributed by atoms with van der Waals surface area (Å²) in [4.78, 5) is 2.04. The third-order valence-electron chi connectivity index (χ3n) is 5.93. The van der Waals surface area contributed by atoms with E-state index in [4.69, 9.17) is 0 Å². The molecule has 1 aliphatic heterocycles. The van der Waals surface area contributed by atoms with Crippen molar-refractivity contribution in [3.8, 4) is 5.75 Å². The van der Waals surface area contributed by atoms with Gasteiger partial charge in [-0.1, -0.05) is 12.2 Å². The van der Waals surface area contributed by atoms with Gasteiger partial charge in [-0.25, -0.2) is 4.39 Å². The number of nitrogens with one attached hydrogen (secondary N) is 1. The molecule has 0 bridgehead atoms. The maximum atomic E-state index is 14.0. The Kier molecular flexibility index (Phi) is 4.76. The minimum absolute atomic E-state index is 0.0532. The van der Waals surface area contributed by atoms with Crippen molar-refractivity contribution in [3.63, 3.8) is 0 Å². The van der Waals surface area contributed by atoms with E-state index in [0.29, 0.717) is 30.6 Å². The lowest BCUT2D eigenvalue weighted by molar-refractivity contribution is -0.132. The van der Waals surface area contributed by atoms with Crippen molar-refractivity contribution >= 4 is 11.8 Å². The average Bonchev–Trinajstić information content (AvgIpc) is 2.51. The zero-order valence-electron chi connectivity index (χ0n) is 14.9. The van der Waals surface area contributed by atoms with Gasteiger partial charge in [0.25, 0.3) is 0 Å². The molecule has 2 saturated carbocycles. The van der Waals surface area contributed by atoms with Crippen LogP contribution in [0.25, 0.3) is 6.08 Å². The number of hydrogen-bond acceptors (Lipinski definition) is 3. The number of benzene rings is 1. The van der Waals surface area contributed by atoms with Crippen LogP contribution in [-0.4, -0.2) is 38.0 Å². The largest absolute Gasteiger partial charge is 0.432 e. The standard InChI is InChI=1S/C19H20F6N2O/c20-14-4-11-2-1-3-27(15(11)5-16(14)28-17(21)22)13-8-18(9-13)6-12(7-18)26-10-19(23,24)25/h1-2,4-5,12-13,17,26H,3,6-10H2. The molecule has 1 aromatic rings. The maximum Gasteiger partial charge on any atom is 0.401 e. The van der Waals surface area contributed by atoms with E-state index in [1.165, 1.54) is 12.1 Å². The van der Waals surface area contributed by atoms with Crippen molar-refractivity contribution in [2.75, 3.05) is 18.0 Å².